The molecule has 1 aromatic rings. The minimum atomic E-state index is -1.20. The first-order valence-corrected chi connectivity index (χ1v) is 5.86. The molecule has 0 aliphatic heterocycles. The molecule has 1 aromatic heterocycles. The highest BCUT2D eigenvalue weighted by Gasteiger charge is 2.17. The van der Waals surface area contributed by atoms with Crippen LogP contribution in [0.3, 0.4) is 0 Å². The zero-order valence-electron chi connectivity index (χ0n) is 9.50. The van der Waals surface area contributed by atoms with Gasteiger partial charge >= 0.3 is 5.97 Å². The van der Waals surface area contributed by atoms with E-state index in [4.69, 9.17) is 5.11 Å². The average molecular weight is 272 g/mol. The molecule has 98 valence electrons. The highest BCUT2D eigenvalue weighted by Crippen LogP contribution is 2.07. The zero-order valence-corrected chi connectivity index (χ0v) is 10.3. The number of amides is 2. The normalized spacial score (nSPS) is 11.6. The second kappa shape index (κ2) is 6.72. The first-order valence-electron chi connectivity index (χ1n) is 4.98. The molecule has 1 unspecified atom stereocenters. The fraction of sp³-hybridized carbons (Fsp3) is 0.300. The highest BCUT2D eigenvalue weighted by molar-refractivity contribution is 7.12. The Morgan fingerprint density at radius 1 is 1.50 bits per heavy atom. The highest BCUT2D eigenvalue weighted by atomic mass is 32.1. The van der Waals surface area contributed by atoms with Crippen molar-refractivity contribution in [1.82, 2.24) is 10.8 Å². The maximum Gasteiger partial charge on any atom is 0.332 e. The molecule has 1 atom stereocenters. The van der Waals surface area contributed by atoms with Crippen molar-refractivity contribution in [3.8, 4) is 0 Å². The summed E-state index contributed by atoms with van der Waals surface area (Å²) in [7, 11) is 0. The molecule has 0 radical (unpaired) electrons. The molecule has 7 nitrogen and oxygen atoms in total. The number of carbonyl (C=O) groups excluding carboxylic acids is 2. The molecule has 2 amide bonds. The molecule has 0 bridgehead atoms. The number of aliphatic carboxylic acids is 1. The Morgan fingerprint density at radius 2 is 2.22 bits per heavy atom. The van der Waals surface area contributed by atoms with E-state index < -0.39 is 24.5 Å². The van der Waals surface area contributed by atoms with Crippen molar-refractivity contribution < 1.29 is 24.3 Å². The SMILES string of the molecule is CC(NC(=O)c1cccs1)C(=O)NOCC(=O)O. The number of carboxylic acids is 1. The summed E-state index contributed by atoms with van der Waals surface area (Å²) in [6.07, 6.45) is 0. The maximum atomic E-state index is 11.6. The van der Waals surface area contributed by atoms with Gasteiger partial charge in [0.1, 0.15) is 6.04 Å². The monoisotopic (exact) mass is 272 g/mol. The lowest BCUT2D eigenvalue weighted by molar-refractivity contribution is -0.149. The first-order chi connectivity index (χ1) is 8.50. The summed E-state index contributed by atoms with van der Waals surface area (Å²) in [6.45, 7) is 0.822. The molecule has 3 N–H and O–H groups in total. The predicted octanol–water partition coefficient (Wildman–Crippen LogP) is -0.00120. The number of hydroxylamine groups is 1. The Balaban J connectivity index is 2.35. The number of thiophene rings is 1. The maximum absolute atomic E-state index is 11.6. The number of nitrogens with one attached hydrogen (secondary N) is 2. The third-order valence-electron chi connectivity index (χ3n) is 1.85. The van der Waals surface area contributed by atoms with Crippen LogP contribution in [-0.2, 0) is 14.4 Å². The molecule has 8 heteroatoms. The van der Waals surface area contributed by atoms with E-state index in [0.717, 1.165) is 0 Å². The van der Waals surface area contributed by atoms with E-state index in [2.05, 4.69) is 10.2 Å². The lowest BCUT2D eigenvalue weighted by atomic mass is 10.3. The molecule has 0 saturated carbocycles. The lowest BCUT2D eigenvalue weighted by Gasteiger charge is -2.12. The van der Waals surface area contributed by atoms with Crippen molar-refractivity contribution in [3.63, 3.8) is 0 Å². The molecule has 0 saturated heterocycles. The van der Waals surface area contributed by atoms with Gasteiger partial charge in [0.25, 0.3) is 11.8 Å². The minimum Gasteiger partial charge on any atom is -0.479 e. The van der Waals surface area contributed by atoms with Crippen LogP contribution >= 0.6 is 11.3 Å². The van der Waals surface area contributed by atoms with Crippen LogP contribution in [0.1, 0.15) is 16.6 Å². The standard InChI is InChI=1S/C10H12N2O5S/c1-6(9(15)12-17-5-8(13)14)11-10(16)7-3-2-4-18-7/h2-4,6H,5H2,1H3,(H,11,16)(H,12,15)(H,13,14). The van der Waals surface area contributed by atoms with Crippen LogP contribution in [0, 0.1) is 0 Å². The van der Waals surface area contributed by atoms with Gasteiger partial charge in [-0.3, -0.25) is 14.4 Å². The van der Waals surface area contributed by atoms with Crippen LogP contribution in [0.2, 0.25) is 0 Å². The summed E-state index contributed by atoms with van der Waals surface area (Å²) in [5.74, 6) is -2.20. The second-order valence-corrected chi connectivity index (χ2v) is 4.27. The Bertz CT molecular complexity index is 431. The summed E-state index contributed by atoms with van der Waals surface area (Å²) in [5.41, 5.74) is 1.93. The number of carboxylic acid groups (broad SMARTS) is 1. The third-order valence-corrected chi connectivity index (χ3v) is 2.72. The van der Waals surface area contributed by atoms with Crippen LogP contribution in [-0.4, -0.2) is 35.5 Å². The van der Waals surface area contributed by atoms with Crippen LogP contribution < -0.4 is 10.8 Å². The van der Waals surface area contributed by atoms with Gasteiger partial charge in [-0.15, -0.1) is 11.3 Å². The van der Waals surface area contributed by atoms with Crippen molar-refractivity contribution in [2.24, 2.45) is 0 Å². The minimum absolute atomic E-state index is 0.370. The van der Waals surface area contributed by atoms with Crippen LogP contribution in [0.15, 0.2) is 17.5 Å². The van der Waals surface area contributed by atoms with E-state index in [1.807, 2.05) is 5.48 Å². The molecule has 0 aromatic carbocycles. The third kappa shape index (κ3) is 4.52. The van der Waals surface area contributed by atoms with E-state index in [9.17, 15) is 14.4 Å². The molecule has 1 rings (SSSR count). The summed E-state index contributed by atoms with van der Waals surface area (Å²) < 4.78 is 0. The van der Waals surface area contributed by atoms with Crippen molar-refractivity contribution in [2.75, 3.05) is 6.61 Å². The molecule has 0 aliphatic carbocycles. The second-order valence-electron chi connectivity index (χ2n) is 3.32. The molecular weight excluding hydrogens is 260 g/mol. The average Bonchev–Trinajstić information content (AvgIpc) is 2.81. The largest absolute Gasteiger partial charge is 0.479 e. The van der Waals surface area contributed by atoms with E-state index in [0.29, 0.717) is 4.88 Å². The zero-order chi connectivity index (χ0) is 13.5. The topological polar surface area (TPSA) is 105 Å². The number of hydrogen-bond acceptors (Lipinski definition) is 5. The van der Waals surface area contributed by atoms with Gasteiger partial charge in [0.05, 0.1) is 4.88 Å². The van der Waals surface area contributed by atoms with Gasteiger partial charge in [0.2, 0.25) is 0 Å². The van der Waals surface area contributed by atoms with Crippen molar-refractivity contribution in [2.45, 2.75) is 13.0 Å². The molecule has 0 aliphatic rings. The fourth-order valence-electron chi connectivity index (χ4n) is 0.998. The van der Waals surface area contributed by atoms with Crippen molar-refractivity contribution in [3.05, 3.63) is 22.4 Å². The summed E-state index contributed by atoms with van der Waals surface area (Å²) in [4.78, 5) is 38.0. The molecular formula is C10H12N2O5S. The number of carbonyl (C=O) groups is 3. The van der Waals surface area contributed by atoms with Gasteiger partial charge < -0.3 is 10.4 Å². The van der Waals surface area contributed by atoms with Gasteiger partial charge in [-0.25, -0.2) is 10.3 Å². The number of rotatable bonds is 6. The molecule has 18 heavy (non-hydrogen) atoms. The summed E-state index contributed by atoms with van der Waals surface area (Å²) >= 11 is 1.25. The predicted molar refractivity (Wildman–Crippen MR) is 63.0 cm³/mol. The van der Waals surface area contributed by atoms with Crippen molar-refractivity contribution >= 4 is 29.1 Å². The first kappa shape index (κ1) is 14.1. The van der Waals surface area contributed by atoms with E-state index in [1.165, 1.54) is 18.3 Å². The fourth-order valence-corrected chi connectivity index (χ4v) is 1.63. The van der Waals surface area contributed by atoms with Gasteiger partial charge in [0.15, 0.2) is 6.61 Å². The van der Waals surface area contributed by atoms with Crippen LogP contribution in [0.5, 0.6) is 0 Å². The van der Waals surface area contributed by atoms with E-state index in [1.54, 1.807) is 17.5 Å². The lowest BCUT2D eigenvalue weighted by Crippen LogP contribution is -2.45. The summed E-state index contributed by atoms with van der Waals surface area (Å²) in [6, 6.07) is 2.53. The molecule has 1 heterocycles. The van der Waals surface area contributed by atoms with Crippen molar-refractivity contribution in [1.29, 1.82) is 0 Å². The summed E-state index contributed by atoms with van der Waals surface area (Å²) in [5, 5.41) is 12.5. The van der Waals surface area contributed by atoms with Crippen LogP contribution in [0.4, 0.5) is 0 Å². The Kier molecular flexibility index (Phi) is 5.28. The molecule has 0 spiro atoms. The Hall–Kier alpha value is -1.93. The van der Waals surface area contributed by atoms with Crippen LogP contribution in [0.25, 0.3) is 0 Å². The van der Waals surface area contributed by atoms with Gasteiger partial charge in [-0.1, -0.05) is 6.07 Å². The quantitative estimate of drug-likeness (QED) is 0.632. The van der Waals surface area contributed by atoms with E-state index >= 15 is 0 Å². The Morgan fingerprint density at radius 3 is 2.78 bits per heavy atom. The smallest absolute Gasteiger partial charge is 0.332 e. The number of hydrogen-bond donors (Lipinski definition) is 3. The molecule has 0 fully saturated rings. The van der Waals surface area contributed by atoms with Gasteiger partial charge in [-0.05, 0) is 18.4 Å². The van der Waals surface area contributed by atoms with E-state index in [-0.39, 0.29) is 5.91 Å². The Labute approximate surface area is 107 Å². The van der Waals surface area contributed by atoms with Gasteiger partial charge in [-0.2, -0.15) is 0 Å². The van der Waals surface area contributed by atoms with Gasteiger partial charge in [0, 0.05) is 0 Å².